The number of aryl methyl sites for hydroxylation is 1. The number of nitrogens with zero attached hydrogens (tertiary/aromatic N) is 3. The van der Waals surface area contributed by atoms with Crippen molar-refractivity contribution in [3.05, 3.63) is 36.5 Å². The number of likely N-dealkylation sites (tertiary alicyclic amines) is 1. The third-order valence-corrected chi connectivity index (χ3v) is 5.69. The molecule has 25 heavy (non-hydrogen) atoms. The van der Waals surface area contributed by atoms with E-state index in [1.165, 1.54) is 10.9 Å². The predicted molar refractivity (Wildman–Crippen MR) is 98.5 cm³/mol. The molecule has 2 aliphatic heterocycles. The smallest absolute Gasteiger partial charge is 0.224 e. The number of hydrogen-bond donors (Lipinski definition) is 0. The van der Waals surface area contributed by atoms with Crippen molar-refractivity contribution in [2.75, 3.05) is 39.4 Å². The lowest BCUT2D eigenvalue weighted by molar-refractivity contribution is -0.130. The molecule has 1 aromatic carbocycles. The second-order valence-electron chi connectivity index (χ2n) is 7.31. The highest BCUT2D eigenvalue weighted by Gasteiger charge is 2.36. The number of benzene rings is 1. The summed E-state index contributed by atoms with van der Waals surface area (Å²) in [6.45, 7) is 8.39. The van der Waals surface area contributed by atoms with E-state index in [4.69, 9.17) is 4.74 Å². The minimum atomic E-state index is 0.278. The van der Waals surface area contributed by atoms with Crippen molar-refractivity contribution in [2.45, 2.75) is 25.9 Å². The largest absolute Gasteiger partial charge is 0.379 e. The van der Waals surface area contributed by atoms with E-state index in [1.54, 1.807) is 0 Å². The monoisotopic (exact) mass is 341 g/mol. The summed E-state index contributed by atoms with van der Waals surface area (Å²) in [5, 5.41) is 1.23. The Bertz CT molecular complexity index is 735. The zero-order valence-electron chi connectivity index (χ0n) is 14.9. The van der Waals surface area contributed by atoms with Crippen LogP contribution in [0.25, 0.3) is 10.9 Å². The molecule has 2 aromatic rings. The van der Waals surface area contributed by atoms with E-state index < -0.39 is 0 Å². The molecule has 2 saturated heterocycles. The van der Waals surface area contributed by atoms with Crippen LogP contribution in [0, 0.1) is 5.92 Å². The first kappa shape index (κ1) is 16.6. The molecule has 0 spiro atoms. The Hall–Kier alpha value is -1.85. The normalized spacial score (nSPS) is 24.9. The quantitative estimate of drug-likeness (QED) is 0.856. The molecule has 2 fully saturated rings. The second-order valence-corrected chi connectivity index (χ2v) is 7.31. The maximum Gasteiger partial charge on any atom is 0.224 e. The number of carbonyl (C=O) groups excluding carboxylic acids is 1. The highest BCUT2D eigenvalue weighted by atomic mass is 16.5. The molecular weight excluding hydrogens is 314 g/mol. The van der Waals surface area contributed by atoms with Crippen LogP contribution in [0.2, 0.25) is 0 Å². The molecule has 0 aliphatic carbocycles. The summed E-state index contributed by atoms with van der Waals surface area (Å²) in [6, 6.07) is 10.9. The molecule has 4 rings (SSSR count). The molecule has 5 heteroatoms. The third-order valence-electron chi connectivity index (χ3n) is 5.69. The summed E-state index contributed by atoms with van der Waals surface area (Å²) in [7, 11) is 0. The molecule has 3 heterocycles. The van der Waals surface area contributed by atoms with Gasteiger partial charge in [-0.15, -0.1) is 0 Å². The van der Waals surface area contributed by atoms with Gasteiger partial charge < -0.3 is 14.2 Å². The van der Waals surface area contributed by atoms with Gasteiger partial charge in [0.2, 0.25) is 5.91 Å². The number of para-hydroxylation sites is 1. The van der Waals surface area contributed by atoms with Crippen LogP contribution < -0.4 is 0 Å². The number of aromatic nitrogens is 1. The van der Waals surface area contributed by atoms with E-state index >= 15 is 0 Å². The summed E-state index contributed by atoms with van der Waals surface area (Å²) in [4.78, 5) is 17.3. The summed E-state index contributed by atoms with van der Waals surface area (Å²) >= 11 is 0. The van der Waals surface area contributed by atoms with Crippen molar-refractivity contribution >= 4 is 16.8 Å². The van der Waals surface area contributed by atoms with Gasteiger partial charge in [0.15, 0.2) is 0 Å². The molecule has 2 atom stereocenters. The number of morpholine rings is 1. The van der Waals surface area contributed by atoms with E-state index in [0.717, 1.165) is 45.9 Å². The van der Waals surface area contributed by atoms with E-state index in [1.807, 2.05) is 0 Å². The maximum absolute atomic E-state index is 12.7. The van der Waals surface area contributed by atoms with Gasteiger partial charge in [0.25, 0.3) is 0 Å². The van der Waals surface area contributed by atoms with Crippen molar-refractivity contribution in [1.29, 1.82) is 0 Å². The fourth-order valence-electron chi connectivity index (χ4n) is 4.25. The standard InChI is InChI=1S/C20H27N3O2/c1-16-14-23(15-19(16)22-10-12-25-13-11-22)20(24)7-9-21-8-6-17-4-2-3-5-18(17)21/h2-6,8,16,19H,7,9-15H2,1H3. The Morgan fingerprint density at radius 3 is 2.80 bits per heavy atom. The van der Waals surface area contributed by atoms with Crippen LogP contribution in [0.4, 0.5) is 0 Å². The lowest BCUT2D eigenvalue weighted by atomic mass is 10.0. The fraction of sp³-hybridized carbons (Fsp3) is 0.550. The maximum atomic E-state index is 12.7. The van der Waals surface area contributed by atoms with Gasteiger partial charge in [0.05, 0.1) is 13.2 Å². The highest BCUT2D eigenvalue weighted by molar-refractivity contribution is 5.80. The van der Waals surface area contributed by atoms with Crippen molar-refractivity contribution in [3.63, 3.8) is 0 Å². The van der Waals surface area contributed by atoms with Crippen LogP contribution in [-0.4, -0.2) is 65.7 Å². The average molecular weight is 341 g/mol. The number of fused-ring (bicyclic) bond motifs is 1. The molecule has 1 aromatic heterocycles. The molecule has 1 amide bonds. The van der Waals surface area contributed by atoms with Crippen LogP contribution in [0.15, 0.2) is 36.5 Å². The van der Waals surface area contributed by atoms with Crippen LogP contribution in [0.5, 0.6) is 0 Å². The molecule has 0 saturated carbocycles. The van der Waals surface area contributed by atoms with Crippen LogP contribution in [0.3, 0.4) is 0 Å². The lowest BCUT2D eigenvalue weighted by Gasteiger charge is -2.34. The van der Waals surface area contributed by atoms with Crippen LogP contribution in [-0.2, 0) is 16.1 Å². The molecule has 0 bridgehead atoms. The van der Waals surface area contributed by atoms with Crippen LogP contribution in [0.1, 0.15) is 13.3 Å². The third kappa shape index (κ3) is 3.44. The first-order valence-electron chi connectivity index (χ1n) is 9.36. The Kier molecular flexibility index (Phi) is 4.77. The summed E-state index contributed by atoms with van der Waals surface area (Å²) in [6.07, 6.45) is 2.66. The second kappa shape index (κ2) is 7.18. The zero-order chi connectivity index (χ0) is 17.2. The SMILES string of the molecule is CC1CN(C(=O)CCn2ccc3ccccc32)CC1N1CCOCC1. The van der Waals surface area contributed by atoms with E-state index in [9.17, 15) is 4.79 Å². The fourth-order valence-corrected chi connectivity index (χ4v) is 4.25. The summed E-state index contributed by atoms with van der Waals surface area (Å²) < 4.78 is 7.65. The van der Waals surface area contributed by atoms with Gasteiger partial charge in [0.1, 0.15) is 0 Å². The minimum absolute atomic E-state index is 0.278. The Balaban J connectivity index is 1.35. The van der Waals surface area contributed by atoms with E-state index in [0.29, 0.717) is 18.4 Å². The number of amides is 1. The Morgan fingerprint density at radius 2 is 1.96 bits per heavy atom. The number of ether oxygens (including phenoxy) is 1. The minimum Gasteiger partial charge on any atom is -0.379 e. The first-order valence-corrected chi connectivity index (χ1v) is 9.36. The molecule has 0 radical (unpaired) electrons. The average Bonchev–Trinajstić information content (AvgIpc) is 3.24. The van der Waals surface area contributed by atoms with Gasteiger partial charge in [-0.05, 0) is 23.4 Å². The molecule has 134 valence electrons. The zero-order valence-corrected chi connectivity index (χ0v) is 14.9. The first-order chi connectivity index (χ1) is 12.2. The van der Waals surface area contributed by atoms with Crippen molar-refractivity contribution in [3.8, 4) is 0 Å². The molecule has 5 nitrogen and oxygen atoms in total. The van der Waals surface area contributed by atoms with Gasteiger partial charge in [-0.25, -0.2) is 0 Å². The molecular formula is C20H27N3O2. The summed E-state index contributed by atoms with van der Waals surface area (Å²) in [5.74, 6) is 0.815. The number of hydrogen-bond acceptors (Lipinski definition) is 3. The van der Waals surface area contributed by atoms with E-state index in [-0.39, 0.29) is 5.91 Å². The topological polar surface area (TPSA) is 37.7 Å². The van der Waals surface area contributed by atoms with Crippen molar-refractivity contribution in [2.24, 2.45) is 5.92 Å². The van der Waals surface area contributed by atoms with Gasteiger partial charge in [-0.1, -0.05) is 25.1 Å². The van der Waals surface area contributed by atoms with Crippen molar-refractivity contribution < 1.29 is 9.53 Å². The Labute approximate surface area is 149 Å². The predicted octanol–water partition coefficient (Wildman–Crippen LogP) is 2.21. The number of rotatable bonds is 4. The molecule has 0 N–H and O–H groups in total. The number of carbonyl (C=O) groups is 1. The van der Waals surface area contributed by atoms with Gasteiger partial charge in [-0.2, -0.15) is 0 Å². The van der Waals surface area contributed by atoms with Gasteiger partial charge in [0, 0.05) is 56.9 Å². The molecule has 2 unspecified atom stereocenters. The van der Waals surface area contributed by atoms with Gasteiger partial charge in [-0.3, -0.25) is 9.69 Å². The highest BCUT2D eigenvalue weighted by Crippen LogP contribution is 2.23. The van der Waals surface area contributed by atoms with E-state index in [2.05, 4.69) is 57.8 Å². The van der Waals surface area contributed by atoms with Gasteiger partial charge >= 0.3 is 0 Å². The lowest BCUT2D eigenvalue weighted by Crippen LogP contribution is -2.47. The van der Waals surface area contributed by atoms with Crippen LogP contribution >= 0.6 is 0 Å². The molecule has 2 aliphatic rings. The van der Waals surface area contributed by atoms with Crippen molar-refractivity contribution in [1.82, 2.24) is 14.4 Å². The Morgan fingerprint density at radius 1 is 1.16 bits per heavy atom. The summed E-state index contributed by atoms with van der Waals surface area (Å²) in [5.41, 5.74) is 1.20.